The first-order valence-electron chi connectivity index (χ1n) is 3.67. The highest BCUT2D eigenvalue weighted by atomic mass is 35.5. The molecule has 0 aliphatic heterocycles. The Morgan fingerprint density at radius 2 is 2.29 bits per heavy atom. The van der Waals surface area contributed by atoms with Gasteiger partial charge in [-0.1, -0.05) is 11.6 Å². The molecule has 0 aliphatic rings. The van der Waals surface area contributed by atoms with Crippen LogP contribution < -0.4 is 5.73 Å². The lowest BCUT2D eigenvalue weighted by Crippen LogP contribution is -2.06. The molecule has 0 saturated heterocycles. The van der Waals surface area contributed by atoms with E-state index in [-0.39, 0.29) is 22.8 Å². The highest BCUT2D eigenvalue weighted by molar-refractivity contribution is 6.31. The van der Waals surface area contributed by atoms with Gasteiger partial charge in [0.05, 0.1) is 0 Å². The zero-order chi connectivity index (χ0) is 10.7. The van der Waals surface area contributed by atoms with Gasteiger partial charge >= 0.3 is 0 Å². The van der Waals surface area contributed by atoms with E-state index in [2.05, 4.69) is 4.98 Å². The van der Waals surface area contributed by atoms with Crippen LogP contribution in [0.4, 0.5) is 8.78 Å². The first-order chi connectivity index (χ1) is 6.60. The standard InChI is InChI=1S/C8H6ClF2N3/c9-6-1-4(2-12)14-7(8(10)11)5(6)3-13/h1,8H,3,13H2. The summed E-state index contributed by atoms with van der Waals surface area (Å²) in [6.45, 7) is -0.128. The maximum Gasteiger partial charge on any atom is 0.280 e. The van der Waals surface area contributed by atoms with Crippen molar-refractivity contribution in [2.75, 3.05) is 0 Å². The summed E-state index contributed by atoms with van der Waals surface area (Å²) in [4.78, 5) is 3.45. The first-order valence-corrected chi connectivity index (χ1v) is 4.05. The summed E-state index contributed by atoms with van der Waals surface area (Å²) in [5, 5.41) is 8.53. The van der Waals surface area contributed by atoms with E-state index in [1.54, 1.807) is 6.07 Å². The molecule has 6 heteroatoms. The van der Waals surface area contributed by atoms with E-state index in [1.165, 1.54) is 6.07 Å². The third kappa shape index (κ3) is 1.97. The molecular formula is C8H6ClF2N3. The van der Waals surface area contributed by atoms with Gasteiger partial charge in [-0.05, 0) is 6.07 Å². The quantitative estimate of drug-likeness (QED) is 0.824. The molecule has 1 aromatic rings. The molecule has 0 aliphatic carbocycles. The Hall–Kier alpha value is -1.25. The number of nitrogens with two attached hydrogens (primary N) is 1. The van der Waals surface area contributed by atoms with E-state index < -0.39 is 12.1 Å². The number of hydrogen-bond acceptors (Lipinski definition) is 3. The van der Waals surface area contributed by atoms with E-state index in [9.17, 15) is 8.78 Å². The third-order valence-corrected chi connectivity index (χ3v) is 1.96. The molecule has 0 bridgehead atoms. The predicted octanol–water partition coefficient (Wildman–Crippen LogP) is 2.00. The van der Waals surface area contributed by atoms with Gasteiger partial charge in [0.2, 0.25) is 0 Å². The van der Waals surface area contributed by atoms with Crippen molar-refractivity contribution in [3.63, 3.8) is 0 Å². The molecule has 0 saturated carbocycles. The first kappa shape index (κ1) is 10.8. The number of hydrogen-bond donors (Lipinski definition) is 1. The number of aromatic nitrogens is 1. The fourth-order valence-corrected chi connectivity index (χ4v) is 1.28. The molecule has 1 rings (SSSR count). The molecule has 3 nitrogen and oxygen atoms in total. The number of nitriles is 1. The largest absolute Gasteiger partial charge is 0.326 e. The summed E-state index contributed by atoms with van der Waals surface area (Å²) in [5.74, 6) is 0. The van der Waals surface area contributed by atoms with Crippen molar-refractivity contribution in [1.29, 1.82) is 5.26 Å². The third-order valence-electron chi connectivity index (χ3n) is 1.63. The molecule has 0 amide bonds. The van der Waals surface area contributed by atoms with Gasteiger partial charge in [-0.3, -0.25) is 0 Å². The molecule has 0 aromatic carbocycles. The van der Waals surface area contributed by atoms with Gasteiger partial charge in [-0.15, -0.1) is 0 Å². The van der Waals surface area contributed by atoms with Gasteiger partial charge in [-0.25, -0.2) is 13.8 Å². The van der Waals surface area contributed by atoms with Gasteiger partial charge in [0, 0.05) is 17.1 Å². The van der Waals surface area contributed by atoms with Crippen molar-refractivity contribution in [1.82, 2.24) is 4.98 Å². The second kappa shape index (κ2) is 4.31. The average Bonchev–Trinajstić information content (AvgIpc) is 2.16. The van der Waals surface area contributed by atoms with E-state index in [0.29, 0.717) is 0 Å². The van der Waals surface area contributed by atoms with Crippen LogP contribution in [0.3, 0.4) is 0 Å². The van der Waals surface area contributed by atoms with Crippen molar-refractivity contribution >= 4 is 11.6 Å². The average molecular weight is 218 g/mol. The minimum absolute atomic E-state index is 0.0503. The lowest BCUT2D eigenvalue weighted by molar-refractivity contribution is 0.144. The van der Waals surface area contributed by atoms with Gasteiger partial charge in [0.15, 0.2) is 0 Å². The zero-order valence-electron chi connectivity index (χ0n) is 6.97. The number of nitrogens with zero attached hydrogens (tertiary/aromatic N) is 2. The van der Waals surface area contributed by atoms with Crippen LogP contribution >= 0.6 is 11.6 Å². The lowest BCUT2D eigenvalue weighted by atomic mass is 10.1. The molecule has 1 aromatic heterocycles. The van der Waals surface area contributed by atoms with Crippen molar-refractivity contribution in [3.8, 4) is 6.07 Å². The molecule has 0 radical (unpaired) electrons. The lowest BCUT2D eigenvalue weighted by Gasteiger charge is -2.07. The summed E-state index contributed by atoms with van der Waals surface area (Å²) < 4.78 is 24.8. The molecule has 2 N–H and O–H groups in total. The smallest absolute Gasteiger partial charge is 0.280 e. The van der Waals surface area contributed by atoms with Crippen LogP contribution in [0, 0.1) is 11.3 Å². The minimum atomic E-state index is -2.78. The minimum Gasteiger partial charge on any atom is -0.326 e. The summed E-state index contributed by atoms with van der Waals surface area (Å²) in [5.41, 5.74) is 4.67. The summed E-state index contributed by atoms with van der Waals surface area (Å²) in [6, 6.07) is 2.86. The van der Waals surface area contributed by atoms with Crippen LogP contribution in [-0.4, -0.2) is 4.98 Å². The molecule has 0 unspecified atom stereocenters. The second-order valence-corrected chi connectivity index (χ2v) is 2.88. The fourth-order valence-electron chi connectivity index (χ4n) is 0.999. The maximum absolute atomic E-state index is 12.4. The van der Waals surface area contributed by atoms with Crippen LogP contribution in [0.25, 0.3) is 0 Å². The Labute approximate surface area is 84.1 Å². The van der Waals surface area contributed by atoms with Gasteiger partial charge in [0.25, 0.3) is 6.43 Å². The van der Waals surface area contributed by atoms with E-state index in [1.807, 2.05) is 0 Å². The maximum atomic E-state index is 12.4. The van der Waals surface area contributed by atoms with Gasteiger partial charge in [0.1, 0.15) is 17.5 Å². The summed E-state index contributed by atoms with van der Waals surface area (Å²) in [6.07, 6.45) is -2.78. The van der Waals surface area contributed by atoms with Crippen molar-refractivity contribution in [3.05, 3.63) is 28.0 Å². The van der Waals surface area contributed by atoms with Crippen molar-refractivity contribution < 1.29 is 8.78 Å². The Balaban J connectivity index is 3.37. The number of halogens is 3. The van der Waals surface area contributed by atoms with Gasteiger partial charge in [-0.2, -0.15) is 5.26 Å². The molecule has 1 heterocycles. The topological polar surface area (TPSA) is 62.7 Å². The van der Waals surface area contributed by atoms with Crippen LogP contribution in [0.5, 0.6) is 0 Å². The SMILES string of the molecule is N#Cc1cc(Cl)c(CN)c(C(F)F)n1. The molecular weight excluding hydrogens is 212 g/mol. The Kier molecular flexibility index (Phi) is 3.33. The van der Waals surface area contributed by atoms with Crippen LogP contribution in [-0.2, 0) is 6.54 Å². The number of rotatable bonds is 2. The number of pyridine rings is 1. The Bertz CT molecular complexity index is 387. The van der Waals surface area contributed by atoms with Crippen molar-refractivity contribution in [2.24, 2.45) is 5.73 Å². The predicted molar refractivity (Wildman–Crippen MR) is 46.8 cm³/mol. The normalized spacial score (nSPS) is 10.3. The molecule has 0 fully saturated rings. The monoisotopic (exact) mass is 217 g/mol. The number of alkyl halides is 2. The summed E-state index contributed by atoms with van der Waals surface area (Å²) >= 11 is 5.65. The zero-order valence-corrected chi connectivity index (χ0v) is 7.72. The summed E-state index contributed by atoms with van der Waals surface area (Å²) in [7, 11) is 0. The molecule has 0 spiro atoms. The van der Waals surface area contributed by atoms with Gasteiger partial charge < -0.3 is 5.73 Å². The van der Waals surface area contributed by atoms with E-state index in [0.717, 1.165) is 0 Å². The van der Waals surface area contributed by atoms with Crippen molar-refractivity contribution in [2.45, 2.75) is 13.0 Å². The van der Waals surface area contributed by atoms with Crippen LogP contribution in [0.2, 0.25) is 5.02 Å². The molecule has 14 heavy (non-hydrogen) atoms. The second-order valence-electron chi connectivity index (χ2n) is 2.47. The van der Waals surface area contributed by atoms with E-state index in [4.69, 9.17) is 22.6 Å². The van der Waals surface area contributed by atoms with Crippen LogP contribution in [0.15, 0.2) is 6.07 Å². The van der Waals surface area contributed by atoms with E-state index >= 15 is 0 Å². The van der Waals surface area contributed by atoms with Crippen LogP contribution in [0.1, 0.15) is 23.4 Å². The highest BCUT2D eigenvalue weighted by Gasteiger charge is 2.18. The molecule has 74 valence electrons. The Morgan fingerprint density at radius 3 is 2.71 bits per heavy atom. The Morgan fingerprint density at radius 1 is 1.64 bits per heavy atom. The fraction of sp³-hybridized carbons (Fsp3) is 0.250. The molecule has 0 atom stereocenters. The highest BCUT2D eigenvalue weighted by Crippen LogP contribution is 2.26.